The van der Waals surface area contributed by atoms with Crippen LogP contribution >= 0.6 is 11.8 Å². The van der Waals surface area contributed by atoms with Crippen molar-refractivity contribution in [2.24, 2.45) is 0 Å². The number of hydrogen-bond donors (Lipinski definition) is 2. The van der Waals surface area contributed by atoms with Crippen molar-refractivity contribution in [1.82, 2.24) is 10.3 Å². The number of anilines is 1. The normalized spacial score (nSPS) is 20.8. The van der Waals surface area contributed by atoms with E-state index in [4.69, 9.17) is 4.74 Å². The van der Waals surface area contributed by atoms with E-state index in [1.54, 1.807) is 30.8 Å². The summed E-state index contributed by atoms with van der Waals surface area (Å²) in [7, 11) is 3.38. The van der Waals surface area contributed by atoms with Gasteiger partial charge in [0.25, 0.3) is 5.91 Å². The quantitative estimate of drug-likeness (QED) is 0.416. The van der Waals surface area contributed by atoms with Crippen molar-refractivity contribution in [3.8, 4) is 5.75 Å². The highest BCUT2D eigenvalue weighted by molar-refractivity contribution is 7.98. The largest absolute Gasteiger partial charge is 0.497 e. The van der Waals surface area contributed by atoms with Gasteiger partial charge in [-0.25, -0.2) is 0 Å². The van der Waals surface area contributed by atoms with Gasteiger partial charge in [-0.1, -0.05) is 42.5 Å². The van der Waals surface area contributed by atoms with Gasteiger partial charge in [0.05, 0.1) is 18.6 Å². The van der Waals surface area contributed by atoms with E-state index in [2.05, 4.69) is 28.5 Å². The Morgan fingerprint density at radius 2 is 1.89 bits per heavy atom. The van der Waals surface area contributed by atoms with E-state index in [1.807, 2.05) is 54.6 Å². The number of aromatic amines is 1. The maximum atomic E-state index is 14.0. The topological polar surface area (TPSA) is 74.4 Å². The molecule has 0 radical (unpaired) electrons. The lowest BCUT2D eigenvalue weighted by Gasteiger charge is -2.26. The van der Waals surface area contributed by atoms with Crippen molar-refractivity contribution < 1.29 is 14.3 Å². The second-order valence-electron chi connectivity index (χ2n) is 9.53. The molecule has 182 valence electrons. The zero-order valence-electron chi connectivity index (χ0n) is 20.2. The maximum absolute atomic E-state index is 14.0. The van der Waals surface area contributed by atoms with Gasteiger partial charge in [-0.2, -0.15) is 0 Å². The minimum atomic E-state index is -0.969. The lowest BCUT2D eigenvalue weighted by molar-refractivity contribution is -0.128. The monoisotopic (exact) mass is 497 g/mol. The second-order valence-corrected chi connectivity index (χ2v) is 10.5. The molecule has 7 heteroatoms. The minimum absolute atomic E-state index is 0.0681. The van der Waals surface area contributed by atoms with Crippen LogP contribution in [0.4, 0.5) is 5.69 Å². The van der Waals surface area contributed by atoms with Gasteiger partial charge in [0.2, 0.25) is 5.91 Å². The van der Waals surface area contributed by atoms with E-state index >= 15 is 0 Å². The number of methoxy groups -OCH3 is 1. The molecule has 2 N–H and O–H groups in total. The molecule has 6 nitrogen and oxygen atoms in total. The number of hydrogen-bond acceptors (Lipinski definition) is 4. The summed E-state index contributed by atoms with van der Waals surface area (Å²) in [5, 5.41) is 5.23. The van der Waals surface area contributed by atoms with Gasteiger partial charge in [-0.15, -0.1) is 11.8 Å². The van der Waals surface area contributed by atoms with Gasteiger partial charge in [-0.05, 0) is 47.9 Å². The van der Waals surface area contributed by atoms with Gasteiger partial charge in [0.1, 0.15) is 11.3 Å². The molecule has 0 spiro atoms. The Labute approximate surface area is 214 Å². The number of amides is 2. The first-order chi connectivity index (χ1) is 17.5. The van der Waals surface area contributed by atoms with Gasteiger partial charge >= 0.3 is 0 Å². The summed E-state index contributed by atoms with van der Waals surface area (Å²) >= 11 is 1.72. The van der Waals surface area contributed by atoms with Crippen molar-refractivity contribution in [1.29, 1.82) is 0 Å². The Bertz CT molecular complexity index is 1480. The third kappa shape index (κ3) is 3.84. The molecule has 6 rings (SSSR count). The minimum Gasteiger partial charge on any atom is -0.497 e. The summed E-state index contributed by atoms with van der Waals surface area (Å²) in [5.74, 6) is 1.20. The molecule has 1 saturated carbocycles. The summed E-state index contributed by atoms with van der Waals surface area (Å²) in [6.07, 6.45) is 0.795. The average Bonchev–Trinajstić information content (AvgIpc) is 3.53. The van der Waals surface area contributed by atoms with Gasteiger partial charge in [-0.3, -0.25) is 9.59 Å². The third-order valence-electron chi connectivity index (χ3n) is 7.32. The lowest BCUT2D eigenvalue weighted by Crippen LogP contribution is -2.51. The molecule has 2 amide bonds. The first kappa shape index (κ1) is 22.7. The predicted octanol–water partition coefficient (Wildman–Crippen LogP) is 5.03. The molecule has 0 saturated heterocycles. The number of thioether (sulfide) groups is 1. The highest BCUT2D eigenvalue weighted by Crippen LogP contribution is 2.53. The molecule has 1 aliphatic carbocycles. The van der Waals surface area contributed by atoms with E-state index in [0.717, 1.165) is 44.2 Å². The Morgan fingerprint density at radius 3 is 2.69 bits per heavy atom. The third-order valence-corrected chi connectivity index (χ3v) is 8.43. The molecule has 2 bridgehead atoms. The molecule has 1 aliphatic heterocycles. The number of nitrogens with one attached hydrogen (secondary N) is 2. The van der Waals surface area contributed by atoms with E-state index in [9.17, 15) is 9.59 Å². The molecular formula is C29H27N3O3S. The first-order valence-corrected chi connectivity index (χ1v) is 13.0. The Morgan fingerprint density at radius 1 is 1.08 bits per heavy atom. The van der Waals surface area contributed by atoms with E-state index < -0.39 is 5.54 Å². The summed E-state index contributed by atoms with van der Waals surface area (Å²) < 4.78 is 5.26. The second kappa shape index (κ2) is 8.75. The zero-order valence-corrected chi connectivity index (χ0v) is 21.0. The molecule has 2 heterocycles. The van der Waals surface area contributed by atoms with Crippen molar-refractivity contribution >= 4 is 40.2 Å². The predicted molar refractivity (Wildman–Crippen MR) is 143 cm³/mol. The molecule has 3 aromatic carbocycles. The van der Waals surface area contributed by atoms with Gasteiger partial charge < -0.3 is 19.9 Å². The Kier molecular flexibility index (Phi) is 5.52. The SMILES string of the molecule is COc1ccc(N(C)C(=O)[C@@]23C[C@@H]2c2cccc(c2)CSc2[nH]c4ccccc4c2CC(=O)N3)cc1. The van der Waals surface area contributed by atoms with E-state index in [-0.39, 0.29) is 24.2 Å². The van der Waals surface area contributed by atoms with Crippen LogP contribution in [0.15, 0.2) is 77.8 Å². The van der Waals surface area contributed by atoms with Gasteiger partial charge in [0.15, 0.2) is 0 Å². The Balaban J connectivity index is 1.39. The smallest absolute Gasteiger partial charge is 0.253 e. The number of aromatic nitrogens is 1. The summed E-state index contributed by atoms with van der Waals surface area (Å²) in [4.78, 5) is 32.6. The number of nitrogens with zero attached hydrogens (tertiary/aromatic N) is 1. The van der Waals surface area contributed by atoms with Crippen LogP contribution < -0.4 is 15.0 Å². The molecule has 2 atom stereocenters. The molecule has 2 aliphatic rings. The number of ether oxygens (including phenoxy) is 1. The number of para-hydroxylation sites is 1. The van der Waals surface area contributed by atoms with Crippen molar-refractivity contribution in [3.05, 3.63) is 89.5 Å². The van der Waals surface area contributed by atoms with Gasteiger partial charge in [0, 0.05) is 40.9 Å². The molecule has 1 fully saturated rings. The van der Waals surface area contributed by atoms with Crippen LogP contribution in [0.2, 0.25) is 0 Å². The lowest BCUT2D eigenvalue weighted by atomic mass is 10.0. The van der Waals surface area contributed by atoms with Crippen molar-refractivity contribution in [3.63, 3.8) is 0 Å². The molecule has 1 aromatic heterocycles. The first-order valence-electron chi connectivity index (χ1n) is 12.0. The van der Waals surface area contributed by atoms with E-state index in [0.29, 0.717) is 6.42 Å². The average molecular weight is 498 g/mol. The molecule has 0 unspecified atom stereocenters. The van der Waals surface area contributed by atoms with Crippen LogP contribution in [0.25, 0.3) is 10.9 Å². The summed E-state index contributed by atoms with van der Waals surface area (Å²) in [6, 6.07) is 23.9. The van der Waals surface area contributed by atoms with Crippen molar-refractivity contribution in [2.75, 3.05) is 19.1 Å². The fourth-order valence-corrected chi connectivity index (χ4v) is 6.33. The number of fused-ring (bicyclic) bond motifs is 7. The number of H-pyrrole nitrogens is 1. The fraction of sp³-hybridized carbons (Fsp3) is 0.241. The summed E-state index contributed by atoms with van der Waals surface area (Å²) in [6.45, 7) is 0. The van der Waals surface area contributed by atoms with Crippen LogP contribution in [0.3, 0.4) is 0 Å². The van der Waals surface area contributed by atoms with Crippen LogP contribution in [0, 0.1) is 0 Å². The molecule has 36 heavy (non-hydrogen) atoms. The highest BCUT2D eigenvalue weighted by Gasteiger charge is 2.62. The molecule has 4 aromatic rings. The van der Waals surface area contributed by atoms with Crippen LogP contribution in [-0.4, -0.2) is 36.5 Å². The number of likely N-dealkylation sites (N-methyl/N-ethyl adjacent to an activating group) is 1. The number of carbonyl (C=O) groups is 2. The van der Waals surface area contributed by atoms with Crippen LogP contribution in [0.1, 0.15) is 29.0 Å². The Hall–Kier alpha value is -3.71. The standard InChI is InChI=1S/C29H27N3O3S/c1-32(20-10-12-21(35-2)13-11-20)28(34)29-16-24(29)19-7-5-6-18(14-19)17-36-27-23(15-26(33)31-29)22-8-3-4-9-25(22)30-27/h3-14,24,30H,15-17H2,1-2H3,(H,31,33)/t24-,29-/m1/s1. The van der Waals surface area contributed by atoms with Crippen LogP contribution in [0.5, 0.6) is 5.75 Å². The fourth-order valence-electron chi connectivity index (χ4n) is 5.30. The van der Waals surface area contributed by atoms with Crippen LogP contribution in [-0.2, 0) is 21.8 Å². The van der Waals surface area contributed by atoms with E-state index in [1.165, 1.54) is 5.56 Å². The summed E-state index contributed by atoms with van der Waals surface area (Å²) in [5.41, 5.74) is 4.07. The number of benzene rings is 3. The number of rotatable bonds is 3. The highest BCUT2D eigenvalue weighted by atomic mass is 32.2. The number of carbonyl (C=O) groups excluding carboxylic acids is 2. The molecular weight excluding hydrogens is 470 g/mol. The maximum Gasteiger partial charge on any atom is 0.253 e. The zero-order chi connectivity index (χ0) is 24.9. The van der Waals surface area contributed by atoms with Crippen molar-refractivity contribution in [2.45, 2.75) is 35.1 Å².